The average Bonchev–Trinajstić information content (AvgIpc) is 2.53. The van der Waals surface area contributed by atoms with Crippen LogP contribution in [0.1, 0.15) is 0 Å². The molecule has 1 amide bonds. The number of guanidine groups is 1. The fraction of sp³-hybridized carbons (Fsp3) is 0.385. The molecule has 1 aromatic carbocycles. The third-order valence-electron chi connectivity index (χ3n) is 3.38. The molecule has 0 saturated carbocycles. The normalized spacial score (nSPS) is 14.5. The highest BCUT2D eigenvalue weighted by Crippen LogP contribution is 2.17. The average molecular weight is 307 g/mol. The molecule has 1 aliphatic rings. The monoisotopic (exact) mass is 307 g/mol. The number of amides is 1. The summed E-state index contributed by atoms with van der Waals surface area (Å²) in [5, 5.41) is 17.9. The molecule has 0 bridgehead atoms. The molecule has 0 aromatic heterocycles. The molecule has 3 N–H and O–H groups in total. The molecule has 0 aliphatic carbocycles. The number of rotatable bonds is 4. The Bertz CT molecular complexity index is 566. The summed E-state index contributed by atoms with van der Waals surface area (Å²) in [6.07, 6.45) is 0. The summed E-state index contributed by atoms with van der Waals surface area (Å²) < 4.78 is 5.34. The summed E-state index contributed by atoms with van der Waals surface area (Å²) in [4.78, 5) is 25.4. The number of nitrogens with two attached hydrogens (primary N) is 1. The summed E-state index contributed by atoms with van der Waals surface area (Å²) in [6, 6.07) is 5.56. The number of hydrogen-bond donors (Lipinski definition) is 2. The Hall–Kier alpha value is -2.84. The van der Waals surface area contributed by atoms with Crippen molar-refractivity contribution in [2.75, 3.05) is 32.8 Å². The molecular formula is C13H17N5O4. The summed E-state index contributed by atoms with van der Waals surface area (Å²) >= 11 is 0. The van der Waals surface area contributed by atoms with Gasteiger partial charge in [-0.15, -0.1) is 0 Å². The second kappa shape index (κ2) is 6.74. The number of carbonyl (C=O) groups is 1. The van der Waals surface area contributed by atoms with E-state index >= 15 is 0 Å². The number of carbonyl (C=O) groups excluding carboxylic acids is 1. The first-order valence-electron chi connectivity index (χ1n) is 6.71. The van der Waals surface area contributed by atoms with E-state index in [1.165, 1.54) is 24.3 Å². The lowest BCUT2D eigenvalue weighted by Crippen LogP contribution is -2.53. The van der Waals surface area contributed by atoms with E-state index in [1.54, 1.807) is 9.80 Å². The van der Waals surface area contributed by atoms with Gasteiger partial charge in [-0.05, 0) is 12.1 Å². The van der Waals surface area contributed by atoms with Crippen LogP contribution in [0.4, 0.5) is 5.69 Å². The van der Waals surface area contributed by atoms with Crippen molar-refractivity contribution in [2.45, 2.75) is 0 Å². The highest BCUT2D eigenvalue weighted by molar-refractivity contribution is 5.79. The quantitative estimate of drug-likeness (QED) is 0.349. The van der Waals surface area contributed by atoms with E-state index in [4.69, 9.17) is 15.9 Å². The van der Waals surface area contributed by atoms with Crippen LogP contribution in [0.5, 0.6) is 5.75 Å². The molecule has 0 unspecified atom stereocenters. The van der Waals surface area contributed by atoms with Crippen LogP contribution in [0.3, 0.4) is 0 Å². The van der Waals surface area contributed by atoms with Gasteiger partial charge >= 0.3 is 0 Å². The predicted octanol–water partition coefficient (Wildman–Crippen LogP) is 0.0113. The number of nitro benzene ring substituents is 1. The van der Waals surface area contributed by atoms with Gasteiger partial charge < -0.3 is 20.3 Å². The van der Waals surface area contributed by atoms with Gasteiger partial charge in [0.2, 0.25) is 0 Å². The molecule has 22 heavy (non-hydrogen) atoms. The fourth-order valence-corrected chi connectivity index (χ4v) is 2.10. The second-order valence-electron chi connectivity index (χ2n) is 4.79. The molecule has 1 aliphatic heterocycles. The van der Waals surface area contributed by atoms with Crippen LogP contribution in [0.2, 0.25) is 0 Å². The van der Waals surface area contributed by atoms with Crippen molar-refractivity contribution >= 4 is 17.6 Å². The van der Waals surface area contributed by atoms with Gasteiger partial charge in [-0.1, -0.05) is 0 Å². The minimum Gasteiger partial charge on any atom is -0.484 e. The third-order valence-corrected chi connectivity index (χ3v) is 3.38. The van der Waals surface area contributed by atoms with Crippen LogP contribution in [-0.4, -0.2) is 59.4 Å². The molecule has 118 valence electrons. The molecule has 1 fully saturated rings. The zero-order valence-electron chi connectivity index (χ0n) is 11.9. The lowest BCUT2D eigenvalue weighted by Gasteiger charge is -2.34. The molecule has 9 nitrogen and oxygen atoms in total. The number of non-ortho nitro benzene ring substituents is 1. The Morgan fingerprint density at radius 1 is 1.23 bits per heavy atom. The Kier molecular flexibility index (Phi) is 4.77. The number of benzene rings is 1. The lowest BCUT2D eigenvalue weighted by atomic mass is 10.3. The Morgan fingerprint density at radius 3 is 2.27 bits per heavy atom. The van der Waals surface area contributed by atoms with E-state index in [1.807, 2.05) is 0 Å². The first kappa shape index (κ1) is 15.5. The minimum atomic E-state index is -0.497. The third kappa shape index (κ3) is 3.84. The maximum Gasteiger partial charge on any atom is 0.269 e. The van der Waals surface area contributed by atoms with Crippen molar-refractivity contribution in [1.29, 1.82) is 5.41 Å². The van der Waals surface area contributed by atoms with Crippen LogP contribution in [-0.2, 0) is 4.79 Å². The van der Waals surface area contributed by atoms with E-state index in [2.05, 4.69) is 0 Å². The Balaban J connectivity index is 1.80. The highest BCUT2D eigenvalue weighted by Gasteiger charge is 2.21. The number of nitro groups is 1. The smallest absolute Gasteiger partial charge is 0.269 e. The zero-order valence-corrected chi connectivity index (χ0v) is 11.9. The topological polar surface area (TPSA) is 126 Å². The summed E-state index contributed by atoms with van der Waals surface area (Å²) in [6.45, 7) is 1.90. The van der Waals surface area contributed by atoms with Crippen LogP contribution < -0.4 is 10.5 Å². The molecule has 0 radical (unpaired) electrons. The van der Waals surface area contributed by atoms with E-state index < -0.39 is 4.92 Å². The summed E-state index contributed by atoms with van der Waals surface area (Å²) in [7, 11) is 0. The lowest BCUT2D eigenvalue weighted by molar-refractivity contribution is -0.384. The highest BCUT2D eigenvalue weighted by atomic mass is 16.6. The van der Waals surface area contributed by atoms with Gasteiger partial charge in [0.1, 0.15) is 5.75 Å². The van der Waals surface area contributed by atoms with Gasteiger partial charge in [0, 0.05) is 38.3 Å². The number of nitrogens with one attached hydrogen (secondary N) is 1. The van der Waals surface area contributed by atoms with Crippen molar-refractivity contribution < 1.29 is 14.5 Å². The maximum atomic E-state index is 12.0. The van der Waals surface area contributed by atoms with E-state index in [0.29, 0.717) is 31.9 Å². The van der Waals surface area contributed by atoms with Crippen molar-refractivity contribution in [2.24, 2.45) is 5.73 Å². The van der Waals surface area contributed by atoms with Crippen molar-refractivity contribution in [3.8, 4) is 5.75 Å². The predicted molar refractivity (Wildman–Crippen MR) is 78.7 cm³/mol. The summed E-state index contributed by atoms with van der Waals surface area (Å²) in [5.74, 6) is 0.247. The molecule has 1 aromatic rings. The Labute approximate surface area is 126 Å². The van der Waals surface area contributed by atoms with Gasteiger partial charge in [-0.2, -0.15) is 0 Å². The second-order valence-corrected chi connectivity index (χ2v) is 4.79. The standard InChI is InChI=1S/C13H17N5O4/c14-13(15)17-7-5-16(6-8-17)12(19)9-22-11-3-1-10(2-4-11)18(20)21/h1-4H,5-9H2,(H3,14,15). The molecule has 2 rings (SSSR count). The van der Waals surface area contributed by atoms with Crippen LogP contribution in [0, 0.1) is 15.5 Å². The first-order valence-corrected chi connectivity index (χ1v) is 6.71. The molecule has 1 heterocycles. The van der Waals surface area contributed by atoms with E-state index in [-0.39, 0.29) is 24.2 Å². The first-order chi connectivity index (χ1) is 10.5. The van der Waals surface area contributed by atoms with Crippen molar-refractivity contribution in [3.63, 3.8) is 0 Å². The number of ether oxygens (including phenoxy) is 1. The van der Waals surface area contributed by atoms with Gasteiger partial charge in [-0.25, -0.2) is 0 Å². The van der Waals surface area contributed by atoms with Crippen LogP contribution >= 0.6 is 0 Å². The Morgan fingerprint density at radius 2 is 1.77 bits per heavy atom. The number of piperazine rings is 1. The summed E-state index contributed by atoms with van der Waals surface area (Å²) in [5.41, 5.74) is 5.36. The van der Waals surface area contributed by atoms with Gasteiger partial charge in [0.25, 0.3) is 11.6 Å². The SMILES string of the molecule is N=C(N)N1CCN(C(=O)COc2ccc([N+](=O)[O-])cc2)CC1. The molecule has 0 atom stereocenters. The molecular weight excluding hydrogens is 290 g/mol. The minimum absolute atomic E-state index is 0.00855. The zero-order chi connectivity index (χ0) is 16.1. The number of hydrogen-bond acceptors (Lipinski definition) is 5. The van der Waals surface area contributed by atoms with E-state index in [0.717, 1.165) is 0 Å². The fourth-order valence-electron chi connectivity index (χ4n) is 2.10. The number of nitrogens with zero attached hydrogens (tertiary/aromatic N) is 3. The van der Waals surface area contributed by atoms with Gasteiger partial charge in [-0.3, -0.25) is 20.3 Å². The van der Waals surface area contributed by atoms with Crippen molar-refractivity contribution in [1.82, 2.24) is 9.80 Å². The molecule has 1 saturated heterocycles. The van der Waals surface area contributed by atoms with Crippen LogP contribution in [0.15, 0.2) is 24.3 Å². The molecule has 0 spiro atoms. The van der Waals surface area contributed by atoms with Crippen LogP contribution in [0.25, 0.3) is 0 Å². The molecule has 9 heteroatoms. The largest absolute Gasteiger partial charge is 0.484 e. The van der Waals surface area contributed by atoms with E-state index in [9.17, 15) is 14.9 Å². The van der Waals surface area contributed by atoms with Gasteiger partial charge in [0.05, 0.1) is 4.92 Å². The van der Waals surface area contributed by atoms with Crippen molar-refractivity contribution in [3.05, 3.63) is 34.4 Å². The maximum absolute atomic E-state index is 12.0. The van der Waals surface area contributed by atoms with Gasteiger partial charge in [0.15, 0.2) is 12.6 Å².